The zero-order valence-electron chi connectivity index (χ0n) is 12.1. The lowest BCUT2D eigenvalue weighted by Gasteiger charge is -2.33. The third-order valence-electron chi connectivity index (χ3n) is 3.56. The van der Waals surface area contributed by atoms with Crippen LogP contribution in [0.15, 0.2) is 18.2 Å². The van der Waals surface area contributed by atoms with Crippen LogP contribution in [0.5, 0.6) is 0 Å². The molecule has 1 aromatic rings. The van der Waals surface area contributed by atoms with E-state index in [2.05, 4.69) is 10.2 Å². The molecule has 0 spiro atoms. The average molecular weight is 340 g/mol. The van der Waals surface area contributed by atoms with Gasteiger partial charge < -0.3 is 10.4 Å². The number of aliphatic hydroxyl groups is 1. The largest absolute Gasteiger partial charge is 0.395 e. The number of carbonyl (C=O) groups excluding carboxylic acids is 1. The highest BCUT2D eigenvalue weighted by atomic mass is 35.5. The maximum absolute atomic E-state index is 12.0. The number of nitrogens with one attached hydrogen (secondary N) is 1. The molecule has 5 nitrogen and oxygen atoms in total. The van der Waals surface area contributed by atoms with Crippen LogP contribution in [0, 0.1) is 11.3 Å². The van der Waals surface area contributed by atoms with Crippen molar-refractivity contribution in [3.05, 3.63) is 28.8 Å². The van der Waals surface area contributed by atoms with E-state index >= 15 is 0 Å². The smallest absolute Gasteiger partial charge is 0.225 e. The summed E-state index contributed by atoms with van der Waals surface area (Å²) < 4.78 is 0. The van der Waals surface area contributed by atoms with Crippen molar-refractivity contribution in [3.8, 4) is 6.07 Å². The van der Waals surface area contributed by atoms with Crippen molar-refractivity contribution in [2.45, 2.75) is 12.5 Å². The second-order valence-electron chi connectivity index (χ2n) is 5.05. The molecule has 0 bridgehead atoms. The summed E-state index contributed by atoms with van der Waals surface area (Å²) in [5, 5.41) is 21.4. The van der Waals surface area contributed by atoms with E-state index in [1.165, 1.54) is 0 Å². The lowest BCUT2D eigenvalue weighted by molar-refractivity contribution is -0.116. The van der Waals surface area contributed by atoms with Crippen molar-refractivity contribution in [2.24, 2.45) is 0 Å². The summed E-state index contributed by atoms with van der Waals surface area (Å²) in [5.74, 6) is 1.82. The quantitative estimate of drug-likeness (QED) is 0.857. The van der Waals surface area contributed by atoms with Crippen molar-refractivity contribution in [1.29, 1.82) is 5.26 Å². The summed E-state index contributed by atoms with van der Waals surface area (Å²) in [7, 11) is 0. The van der Waals surface area contributed by atoms with E-state index in [4.69, 9.17) is 16.9 Å². The van der Waals surface area contributed by atoms with Crippen LogP contribution in [0.1, 0.15) is 12.0 Å². The van der Waals surface area contributed by atoms with Crippen LogP contribution in [0.4, 0.5) is 5.69 Å². The molecule has 1 heterocycles. The molecular formula is C15H18ClN3O2S. The van der Waals surface area contributed by atoms with Crippen LogP contribution >= 0.6 is 23.4 Å². The van der Waals surface area contributed by atoms with Crippen molar-refractivity contribution < 1.29 is 9.90 Å². The fourth-order valence-corrected chi connectivity index (χ4v) is 3.59. The van der Waals surface area contributed by atoms with Gasteiger partial charge in [-0.25, -0.2) is 0 Å². The van der Waals surface area contributed by atoms with Gasteiger partial charge in [0, 0.05) is 42.7 Å². The monoisotopic (exact) mass is 339 g/mol. The first-order valence-electron chi connectivity index (χ1n) is 7.06. The van der Waals surface area contributed by atoms with Gasteiger partial charge in [-0.2, -0.15) is 17.0 Å². The Bertz CT molecular complexity index is 576. The summed E-state index contributed by atoms with van der Waals surface area (Å²) in [4.78, 5) is 14.2. The normalized spacial score (nSPS) is 18.7. The van der Waals surface area contributed by atoms with Gasteiger partial charge in [-0.1, -0.05) is 11.6 Å². The number of carbonyl (C=O) groups is 1. The second-order valence-corrected chi connectivity index (χ2v) is 6.61. The summed E-state index contributed by atoms with van der Waals surface area (Å²) >= 11 is 7.69. The van der Waals surface area contributed by atoms with Crippen molar-refractivity contribution in [1.82, 2.24) is 4.90 Å². The van der Waals surface area contributed by atoms with Crippen LogP contribution in [0.3, 0.4) is 0 Å². The molecule has 118 valence electrons. The predicted octanol–water partition coefficient (Wildman–Crippen LogP) is 1.95. The number of thioether (sulfide) groups is 1. The predicted molar refractivity (Wildman–Crippen MR) is 89.2 cm³/mol. The summed E-state index contributed by atoms with van der Waals surface area (Å²) in [6.45, 7) is 1.64. The molecule has 0 aromatic heterocycles. The van der Waals surface area contributed by atoms with Gasteiger partial charge in [0.2, 0.25) is 5.91 Å². The maximum atomic E-state index is 12.0. The topological polar surface area (TPSA) is 76.4 Å². The fourth-order valence-electron chi connectivity index (χ4n) is 2.31. The van der Waals surface area contributed by atoms with Crippen molar-refractivity contribution in [2.75, 3.05) is 36.5 Å². The molecular weight excluding hydrogens is 322 g/mol. The summed E-state index contributed by atoms with van der Waals surface area (Å²) in [6.07, 6.45) is 0.353. The van der Waals surface area contributed by atoms with Gasteiger partial charge in [-0.15, -0.1) is 0 Å². The SMILES string of the molecule is N#Cc1cc(NC(=O)CCN2CCSC[C@@H]2CO)ccc1Cl. The number of benzene rings is 1. The molecule has 1 fully saturated rings. The first-order chi connectivity index (χ1) is 10.6. The molecule has 2 rings (SSSR count). The molecule has 1 aliphatic heterocycles. The molecule has 1 aliphatic rings. The molecule has 0 radical (unpaired) electrons. The highest BCUT2D eigenvalue weighted by Crippen LogP contribution is 2.20. The van der Waals surface area contributed by atoms with Gasteiger partial charge in [-0.3, -0.25) is 9.69 Å². The van der Waals surface area contributed by atoms with E-state index in [-0.39, 0.29) is 18.6 Å². The number of nitriles is 1. The molecule has 1 aromatic carbocycles. The molecule has 2 N–H and O–H groups in total. The highest BCUT2D eigenvalue weighted by Gasteiger charge is 2.22. The first-order valence-corrected chi connectivity index (χ1v) is 8.59. The minimum Gasteiger partial charge on any atom is -0.395 e. The molecule has 1 amide bonds. The molecule has 7 heteroatoms. The van der Waals surface area contributed by atoms with Crippen LogP contribution < -0.4 is 5.32 Å². The van der Waals surface area contributed by atoms with E-state index < -0.39 is 0 Å². The van der Waals surface area contributed by atoms with E-state index in [0.717, 1.165) is 18.1 Å². The van der Waals surface area contributed by atoms with Crippen molar-refractivity contribution in [3.63, 3.8) is 0 Å². The van der Waals surface area contributed by atoms with E-state index in [0.29, 0.717) is 29.2 Å². The van der Waals surface area contributed by atoms with Gasteiger partial charge in [0.1, 0.15) is 6.07 Å². The van der Waals surface area contributed by atoms with Crippen LogP contribution in [0.25, 0.3) is 0 Å². The average Bonchev–Trinajstić information content (AvgIpc) is 2.55. The Balaban J connectivity index is 1.86. The third kappa shape index (κ3) is 4.62. The Labute approximate surface area is 139 Å². The standard InChI is InChI=1S/C15H18ClN3O2S/c16-14-2-1-12(7-11(14)8-17)18-15(21)3-4-19-5-6-22-10-13(19)9-20/h1-2,7,13,20H,3-6,9-10H2,(H,18,21)/t13-/m0/s1. The van der Waals surface area contributed by atoms with Crippen molar-refractivity contribution >= 4 is 35.0 Å². The number of hydrogen-bond donors (Lipinski definition) is 2. The van der Waals surface area contributed by atoms with Gasteiger partial charge in [0.15, 0.2) is 0 Å². The lowest BCUT2D eigenvalue weighted by atomic mass is 10.2. The van der Waals surface area contributed by atoms with Gasteiger partial charge in [0.25, 0.3) is 0 Å². The zero-order valence-corrected chi connectivity index (χ0v) is 13.7. The number of amides is 1. The molecule has 0 aliphatic carbocycles. The molecule has 22 heavy (non-hydrogen) atoms. The minimum absolute atomic E-state index is 0.110. The second kappa shape index (κ2) is 8.39. The molecule has 1 atom stereocenters. The minimum atomic E-state index is -0.110. The van der Waals surface area contributed by atoms with Crippen LogP contribution in [-0.4, -0.2) is 53.2 Å². The summed E-state index contributed by atoms with van der Waals surface area (Å²) in [6, 6.07) is 6.95. The Morgan fingerprint density at radius 1 is 1.59 bits per heavy atom. The van der Waals surface area contributed by atoms with Gasteiger partial charge in [0.05, 0.1) is 17.2 Å². The van der Waals surface area contributed by atoms with Gasteiger partial charge >= 0.3 is 0 Å². The van der Waals surface area contributed by atoms with Crippen LogP contribution in [0.2, 0.25) is 5.02 Å². The number of anilines is 1. The maximum Gasteiger partial charge on any atom is 0.225 e. The number of aliphatic hydroxyl groups excluding tert-OH is 1. The Kier molecular flexibility index (Phi) is 6.52. The third-order valence-corrected chi connectivity index (χ3v) is 4.98. The van der Waals surface area contributed by atoms with E-state index in [9.17, 15) is 9.90 Å². The Morgan fingerprint density at radius 2 is 2.41 bits per heavy atom. The Morgan fingerprint density at radius 3 is 3.14 bits per heavy atom. The van der Waals surface area contributed by atoms with E-state index in [1.54, 1.807) is 18.2 Å². The van der Waals surface area contributed by atoms with Gasteiger partial charge in [-0.05, 0) is 18.2 Å². The molecule has 1 saturated heterocycles. The Hall–Kier alpha value is -1.26. The summed E-state index contributed by atoms with van der Waals surface area (Å²) in [5.41, 5.74) is 0.909. The number of rotatable bonds is 5. The molecule has 0 saturated carbocycles. The zero-order chi connectivity index (χ0) is 15.9. The number of hydrogen-bond acceptors (Lipinski definition) is 5. The van der Waals surface area contributed by atoms with Crippen LogP contribution in [-0.2, 0) is 4.79 Å². The number of halogens is 1. The first kappa shape index (κ1) is 17.1. The van der Waals surface area contributed by atoms with E-state index in [1.807, 2.05) is 17.8 Å². The molecule has 0 unspecified atom stereocenters. The fraction of sp³-hybridized carbons (Fsp3) is 0.467. The highest BCUT2D eigenvalue weighted by molar-refractivity contribution is 7.99. The lowest BCUT2D eigenvalue weighted by Crippen LogP contribution is -2.45. The number of nitrogens with zero attached hydrogens (tertiary/aromatic N) is 2.